The molecule has 0 saturated heterocycles. The van der Waals surface area contributed by atoms with E-state index >= 15 is 0 Å². The lowest BCUT2D eigenvalue weighted by Gasteiger charge is -2.19. The van der Waals surface area contributed by atoms with Crippen LogP contribution in [-0.4, -0.2) is 38.9 Å². The number of benzene rings is 2. The molecule has 0 bridgehead atoms. The SMILES string of the molecule is COc1cc2c(c(OC)c1OC)-c1ccc(NCCc3ccc(O)cc3)c(=O)cc1[C@@H](NC(C)=O)CC2. The second-order valence-corrected chi connectivity index (χ2v) is 8.94. The quantitative estimate of drug-likeness (QED) is 0.422. The van der Waals surface area contributed by atoms with Crippen LogP contribution in [0.5, 0.6) is 23.0 Å². The average molecular weight is 505 g/mol. The summed E-state index contributed by atoms with van der Waals surface area (Å²) in [6.45, 7) is 2.01. The van der Waals surface area contributed by atoms with Crippen molar-refractivity contribution in [3.05, 3.63) is 75.4 Å². The summed E-state index contributed by atoms with van der Waals surface area (Å²) in [6.07, 6.45) is 1.92. The van der Waals surface area contributed by atoms with Gasteiger partial charge in [-0.3, -0.25) is 9.59 Å². The topological polar surface area (TPSA) is 106 Å². The lowest BCUT2D eigenvalue weighted by Crippen LogP contribution is -2.26. The van der Waals surface area contributed by atoms with E-state index < -0.39 is 0 Å². The molecule has 0 unspecified atom stereocenters. The smallest absolute Gasteiger partial charge is 0.217 e. The molecular formula is C29H32N2O6. The minimum atomic E-state index is -0.355. The van der Waals surface area contributed by atoms with Crippen molar-refractivity contribution in [2.45, 2.75) is 32.2 Å². The highest BCUT2D eigenvalue weighted by Gasteiger charge is 2.29. The van der Waals surface area contributed by atoms with Gasteiger partial charge in [0.2, 0.25) is 17.1 Å². The van der Waals surface area contributed by atoms with Gasteiger partial charge in [-0.2, -0.15) is 0 Å². The Labute approximate surface area is 216 Å². The van der Waals surface area contributed by atoms with Crippen molar-refractivity contribution < 1.29 is 24.1 Å². The van der Waals surface area contributed by atoms with E-state index in [1.54, 1.807) is 45.6 Å². The number of fused-ring (bicyclic) bond motifs is 3. The number of amides is 1. The highest BCUT2D eigenvalue weighted by atomic mass is 16.5. The maximum absolute atomic E-state index is 13.3. The highest BCUT2D eigenvalue weighted by Crippen LogP contribution is 2.50. The van der Waals surface area contributed by atoms with Crippen LogP contribution in [0, 0.1) is 0 Å². The van der Waals surface area contributed by atoms with Gasteiger partial charge in [0, 0.05) is 19.0 Å². The van der Waals surface area contributed by atoms with E-state index in [4.69, 9.17) is 14.2 Å². The highest BCUT2D eigenvalue weighted by molar-refractivity contribution is 5.83. The van der Waals surface area contributed by atoms with Crippen LogP contribution in [0.25, 0.3) is 11.1 Å². The Kier molecular flexibility index (Phi) is 7.86. The van der Waals surface area contributed by atoms with Gasteiger partial charge >= 0.3 is 0 Å². The van der Waals surface area contributed by atoms with Crippen molar-refractivity contribution in [3.63, 3.8) is 0 Å². The van der Waals surface area contributed by atoms with Crippen LogP contribution in [0.3, 0.4) is 0 Å². The van der Waals surface area contributed by atoms with Crippen LogP contribution >= 0.6 is 0 Å². The first-order valence-corrected chi connectivity index (χ1v) is 12.2. The van der Waals surface area contributed by atoms with E-state index in [2.05, 4.69) is 10.6 Å². The molecule has 0 heterocycles. The second-order valence-electron chi connectivity index (χ2n) is 8.94. The molecule has 0 radical (unpaired) electrons. The van der Waals surface area contributed by atoms with Crippen molar-refractivity contribution in [1.82, 2.24) is 5.32 Å². The van der Waals surface area contributed by atoms with Gasteiger partial charge < -0.3 is 30.0 Å². The van der Waals surface area contributed by atoms with E-state index in [0.29, 0.717) is 48.7 Å². The van der Waals surface area contributed by atoms with Crippen LogP contribution < -0.4 is 30.3 Å². The second kappa shape index (κ2) is 11.2. The van der Waals surface area contributed by atoms with E-state index in [9.17, 15) is 14.7 Å². The summed E-state index contributed by atoms with van der Waals surface area (Å²) in [7, 11) is 4.71. The summed E-state index contributed by atoms with van der Waals surface area (Å²) in [5, 5.41) is 15.7. The molecule has 194 valence electrons. The normalized spacial score (nSPS) is 14.0. The predicted octanol–water partition coefficient (Wildman–Crippen LogP) is 4.22. The number of carbonyl (C=O) groups is 1. The van der Waals surface area contributed by atoms with E-state index in [0.717, 1.165) is 27.8 Å². The molecule has 8 heteroatoms. The lowest BCUT2D eigenvalue weighted by atomic mass is 9.95. The standard InChI is InChI=1S/C29H32N2O6/c1-17(32)31-23-11-7-19-15-26(35-2)28(36-3)29(37-4)27(19)21-10-12-24(25(34)16-22(21)23)30-14-13-18-5-8-20(33)9-6-18/h5-6,8-10,12,15-16,23,33H,7,11,13-14H2,1-4H3,(H,30,34)(H,31,32)/t23-/m0/s1. The molecule has 8 nitrogen and oxygen atoms in total. The molecule has 37 heavy (non-hydrogen) atoms. The number of nitrogens with one attached hydrogen (secondary N) is 2. The molecule has 0 fully saturated rings. The van der Waals surface area contributed by atoms with Crippen molar-refractivity contribution in [3.8, 4) is 34.1 Å². The Balaban J connectivity index is 1.81. The van der Waals surface area contributed by atoms with Crippen LogP contribution in [0.1, 0.15) is 36.1 Å². The van der Waals surface area contributed by atoms with Crippen molar-refractivity contribution in [1.29, 1.82) is 0 Å². The monoisotopic (exact) mass is 504 g/mol. The summed E-state index contributed by atoms with van der Waals surface area (Å²) >= 11 is 0. The van der Waals surface area contributed by atoms with E-state index in [1.807, 2.05) is 24.3 Å². The third-order valence-corrected chi connectivity index (χ3v) is 6.58. The number of hydrogen-bond donors (Lipinski definition) is 3. The number of ether oxygens (including phenoxy) is 3. The lowest BCUT2D eigenvalue weighted by molar-refractivity contribution is -0.119. The molecule has 1 atom stereocenters. The Hall–Kier alpha value is -4.20. The van der Waals surface area contributed by atoms with E-state index in [1.165, 1.54) is 6.92 Å². The molecule has 3 aromatic rings. The first-order chi connectivity index (χ1) is 17.9. The molecule has 4 rings (SSSR count). The zero-order chi connectivity index (χ0) is 26.5. The number of aromatic hydroxyl groups is 1. The molecule has 1 aliphatic carbocycles. The molecular weight excluding hydrogens is 472 g/mol. The average Bonchev–Trinajstić information content (AvgIpc) is 3.13. The fourth-order valence-electron chi connectivity index (χ4n) is 4.86. The molecule has 0 spiro atoms. The molecule has 1 aliphatic rings. The van der Waals surface area contributed by atoms with E-state index in [-0.39, 0.29) is 23.1 Å². The van der Waals surface area contributed by atoms with Gasteiger partial charge in [0.1, 0.15) is 5.75 Å². The number of phenols is 1. The Morgan fingerprint density at radius 2 is 1.73 bits per heavy atom. The van der Waals surface area contributed by atoms with Crippen LogP contribution in [0.4, 0.5) is 5.69 Å². The predicted molar refractivity (Wildman–Crippen MR) is 143 cm³/mol. The fourth-order valence-corrected chi connectivity index (χ4v) is 4.86. The van der Waals surface area contributed by atoms with Crippen LogP contribution in [0.2, 0.25) is 0 Å². The molecule has 3 aromatic carbocycles. The largest absolute Gasteiger partial charge is 0.508 e. The van der Waals surface area contributed by atoms with Gasteiger partial charge in [-0.15, -0.1) is 0 Å². The van der Waals surface area contributed by atoms with Crippen molar-refractivity contribution in [2.75, 3.05) is 33.2 Å². The number of hydrogen-bond acceptors (Lipinski definition) is 7. The summed E-state index contributed by atoms with van der Waals surface area (Å²) in [5.74, 6) is 1.58. The van der Waals surface area contributed by atoms with Crippen LogP contribution in [0.15, 0.2) is 53.3 Å². The number of anilines is 1. The summed E-state index contributed by atoms with van der Waals surface area (Å²) in [5.41, 5.74) is 4.61. The maximum atomic E-state index is 13.3. The number of phenolic OH excluding ortho intramolecular Hbond substituents is 1. The number of methoxy groups -OCH3 is 3. The number of rotatable bonds is 8. The Morgan fingerprint density at radius 3 is 2.38 bits per heavy atom. The van der Waals surface area contributed by atoms with Crippen molar-refractivity contribution in [2.24, 2.45) is 0 Å². The first kappa shape index (κ1) is 25.9. The van der Waals surface area contributed by atoms with Crippen LogP contribution in [-0.2, 0) is 17.6 Å². The zero-order valence-electron chi connectivity index (χ0n) is 21.5. The first-order valence-electron chi connectivity index (χ1n) is 12.2. The summed E-state index contributed by atoms with van der Waals surface area (Å²) in [6, 6.07) is 13.8. The maximum Gasteiger partial charge on any atom is 0.217 e. The Bertz CT molecular complexity index is 1350. The third kappa shape index (κ3) is 5.48. The minimum Gasteiger partial charge on any atom is -0.508 e. The molecule has 1 amide bonds. The van der Waals surface area contributed by atoms with Gasteiger partial charge in [-0.1, -0.05) is 18.2 Å². The van der Waals surface area contributed by atoms with Gasteiger partial charge in [-0.05, 0) is 71.8 Å². The van der Waals surface area contributed by atoms with Crippen molar-refractivity contribution >= 4 is 11.6 Å². The Morgan fingerprint density at radius 1 is 1.00 bits per heavy atom. The molecule has 0 aromatic heterocycles. The summed E-state index contributed by atoms with van der Waals surface area (Å²) in [4.78, 5) is 25.4. The van der Waals surface area contributed by atoms with Gasteiger partial charge in [0.25, 0.3) is 0 Å². The molecule has 0 saturated carbocycles. The molecule has 3 N–H and O–H groups in total. The third-order valence-electron chi connectivity index (χ3n) is 6.58. The number of carbonyl (C=O) groups excluding carboxylic acids is 1. The van der Waals surface area contributed by atoms with Gasteiger partial charge in [-0.25, -0.2) is 0 Å². The fraction of sp³-hybridized carbons (Fsp3) is 0.310. The summed E-state index contributed by atoms with van der Waals surface area (Å²) < 4.78 is 17.0. The van der Waals surface area contributed by atoms with Gasteiger partial charge in [0.15, 0.2) is 11.5 Å². The van der Waals surface area contributed by atoms with Gasteiger partial charge in [0.05, 0.1) is 33.1 Å². The molecule has 0 aliphatic heterocycles. The minimum absolute atomic E-state index is 0.171. The number of aryl methyl sites for hydroxylation is 1. The zero-order valence-corrected chi connectivity index (χ0v) is 21.5.